The Bertz CT molecular complexity index is 1240. The highest BCUT2D eigenvalue weighted by Gasteiger charge is 2.20. The molecule has 3 amide bonds. The van der Waals surface area contributed by atoms with Gasteiger partial charge in [0, 0.05) is 28.1 Å². The van der Waals surface area contributed by atoms with Crippen LogP contribution in [0.1, 0.15) is 31.1 Å². The summed E-state index contributed by atoms with van der Waals surface area (Å²) in [5.74, 6) is 4.57. The molecule has 0 saturated heterocycles. The lowest BCUT2D eigenvalue weighted by Crippen LogP contribution is -2.37. The van der Waals surface area contributed by atoms with E-state index in [1.807, 2.05) is 18.2 Å². The smallest absolute Gasteiger partial charge is 0.272 e. The monoisotopic (exact) mass is 450 g/mol. The zero-order valence-corrected chi connectivity index (χ0v) is 18.1. The molecule has 4 N–H and O–H groups in total. The Morgan fingerprint density at radius 2 is 0.941 bits per heavy atom. The van der Waals surface area contributed by atoms with Gasteiger partial charge in [0.15, 0.2) is 0 Å². The van der Waals surface area contributed by atoms with Crippen LogP contribution >= 0.6 is 0 Å². The van der Waals surface area contributed by atoms with Gasteiger partial charge in [0.1, 0.15) is 0 Å². The zero-order chi connectivity index (χ0) is 23.9. The molecule has 7 nitrogen and oxygen atoms in total. The van der Waals surface area contributed by atoms with Crippen molar-refractivity contribution >= 4 is 34.8 Å². The number of carbonyl (C=O) groups is 3. The second-order valence-corrected chi connectivity index (χ2v) is 7.45. The number of rotatable bonds is 6. The number of carbonyl (C=O) groups excluding carboxylic acids is 3. The van der Waals surface area contributed by atoms with Crippen LogP contribution in [0.4, 0.5) is 17.1 Å². The van der Waals surface area contributed by atoms with Crippen molar-refractivity contribution in [2.75, 3.05) is 15.6 Å². The van der Waals surface area contributed by atoms with Crippen LogP contribution in [0, 0.1) is 0 Å². The van der Waals surface area contributed by atoms with Gasteiger partial charge in [-0.2, -0.15) is 0 Å². The van der Waals surface area contributed by atoms with Crippen LogP contribution in [0.15, 0.2) is 109 Å². The number of hydrazine groups is 1. The summed E-state index contributed by atoms with van der Waals surface area (Å²) in [5, 5.41) is 6.53. The van der Waals surface area contributed by atoms with Crippen molar-refractivity contribution in [1.29, 1.82) is 0 Å². The Balaban J connectivity index is 1.68. The van der Waals surface area contributed by atoms with E-state index in [0.717, 1.165) is 5.01 Å². The third kappa shape index (κ3) is 5.35. The fourth-order valence-electron chi connectivity index (χ4n) is 3.31. The molecule has 0 aliphatic rings. The van der Waals surface area contributed by atoms with Gasteiger partial charge in [-0.3, -0.25) is 14.4 Å². The summed E-state index contributed by atoms with van der Waals surface area (Å²) in [5.41, 5.74) is 2.05. The van der Waals surface area contributed by atoms with E-state index in [-0.39, 0.29) is 16.7 Å². The molecule has 0 heterocycles. The van der Waals surface area contributed by atoms with Gasteiger partial charge in [-0.25, -0.2) is 10.9 Å². The maximum Gasteiger partial charge on any atom is 0.272 e. The Hall–Kier alpha value is -4.75. The zero-order valence-electron chi connectivity index (χ0n) is 18.1. The highest BCUT2D eigenvalue weighted by Crippen LogP contribution is 2.19. The number of hydrogen-bond donors (Lipinski definition) is 3. The minimum absolute atomic E-state index is 0.102. The van der Waals surface area contributed by atoms with E-state index < -0.39 is 17.7 Å². The van der Waals surface area contributed by atoms with Crippen LogP contribution in [-0.4, -0.2) is 17.7 Å². The van der Waals surface area contributed by atoms with E-state index in [4.69, 9.17) is 5.84 Å². The molecule has 34 heavy (non-hydrogen) atoms. The first-order chi connectivity index (χ1) is 16.5. The molecule has 0 bridgehead atoms. The first kappa shape index (κ1) is 22.4. The van der Waals surface area contributed by atoms with Gasteiger partial charge >= 0.3 is 0 Å². The summed E-state index contributed by atoms with van der Waals surface area (Å²) in [7, 11) is 0. The minimum atomic E-state index is -0.561. The fourth-order valence-corrected chi connectivity index (χ4v) is 3.31. The van der Waals surface area contributed by atoms with Crippen LogP contribution < -0.4 is 21.5 Å². The minimum Gasteiger partial charge on any atom is -0.322 e. The lowest BCUT2D eigenvalue weighted by molar-refractivity contribution is 0.0987. The number of amides is 3. The van der Waals surface area contributed by atoms with Crippen molar-refractivity contribution in [2.24, 2.45) is 5.84 Å². The molecule has 0 unspecified atom stereocenters. The van der Waals surface area contributed by atoms with Gasteiger partial charge in [0.05, 0.1) is 5.69 Å². The molecule has 7 heteroatoms. The molecule has 0 atom stereocenters. The molecule has 0 spiro atoms. The third-order valence-electron chi connectivity index (χ3n) is 5.02. The first-order valence-corrected chi connectivity index (χ1v) is 10.5. The largest absolute Gasteiger partial charge is 0.322 e. The van der Waals surface area contributed by atoms with Gasteiger partial charge in [0.2, 0.25) is 0 Å². The van der Waals surface area contributed by atoms with Crippen LogP contribution in [0.25, 0.3) is 0 Å². The number of nitrogens with two attached hydrogens (primary N) is 1. The topological polar surface area (TPSA) is 105 Å². The van der Waals surface area contributed by atoms with Gasteiger partial charge in [-0.15, -0.1) is 0 Å². The number of hydrogen-bond acceptors (Lipinski definition) is 4. The summed E-state index contributed by atoms with van der Waals surface area (Å²) in [6.07, 6.45) is 0. The average molecular weight is 450 g/mol. The molecular formula is C27H22N4O3. The Morgan fingerprint density at radius 1 is 0.559 bits per heavy atom. The number of nitrogens with zero attached hydrogens (tertiary/aromatic N) is 1. The van der Waals surface area contributed by atoms with Gasteiger partial charge in [0.25, 0.3) is 17.7 Å². The summed E-state index contributed by atoms with van der Waals surface area (Å²) in [6.45, 7) is 0. The molecule has 4 aromatic carbocycles. The van der Waals surface area contributed by atoms with E-state index in [1.54, 1.807) is 72.8 Å². The van der Waals surface area contributed by atoms with Crippen LogP contribution in [0.2, 0.25) is 0 Å². The van der Waals surface area contributed by atoms with Crippen LogP contribution in [0.5, 0.6) is 0 Å². The quantitative estimate of drug-likeness (QED) is 0.225. The maximum atomic E-state index is 13.1. The highest BCUT2D eigenvalue weighted by atomic mass is 16.2. The molecule has 0 aliphatic heterocycles. The lowest BCUT2D eigenvalue weighted by atomic mass is 10.0. The SMILES string of the molecule is NN(C(=O)c1cc(C(=O)Nc2ccccc2)cc(C(=O)Nc2ccccc2)c1)c1ccccc1. The van der Waals surface area contributed by atoms with Gasteiger partial charge < -0.3 is 10.6 Å². The second-order valence-electron chi connectivity index (χ2n) is 7.45. The van der Waals surface area contributed by atoms with Crippen molar-refractivity contribution in [3.63, 3.8) is 0 Å². The number of nitrogens with one attached hydrogen (secondary N) is 2. The van der Waals surface area contributed by atoms with E-state index in [0.29, 0.717) is 17.1 Å². The summed E-state index contributed by atoms with van der Waals surface area (Å²) >= 11 is 0. The maximum absolute atomic E-state index is 13.1. The lowest BCUT2D eigenvalue weighted by Gasteiger charge is -2.18. The van der Waals surface area contributed by atoms with Crippen LogP contribution in [0.3, 0.4) is 0 Å². The molecule has 0 aromatic heterocycles. The van der Waals surface area contributed by atoms with Crippen molar-refractivity contribution in [3.8, 4) is 0 Å². The number of para-hydroxylation sites is 3. The molecule has 168 valence electrons. The summed E-state index contributed by atoms with van der Waals surface area (Å²) in [4.78, 5) is 39.1. The molecule has 0 fully saturated rings. The highest BCUT2D eigenvalue weighted by molar-refractivity contribution is 6.13. The van der Waals surface area contributed by atoms with Crippen molar-refractivity contribution < 1.29 is 14.4 Å². The molecule has 0 aliphatic carbocycles. The molecule has 0 saturated carbocycles. The van der Waals surface area contributed by atoms with Crippen molar-refractivity contribution in [2.45, 2.75) is 0 Å². The predicted molar refractivity (Wildman–Crippen MR) is 133 cm³/mol. The standard InChI is InChI=1S/C27H22N4O3/c28-31(24-14-8-3-9-15-24)27(34)21-17-19(25(32)29-22-10-4-1-5-11-22)16-20(18-21)26(33)30-23-12-6-2-7-13-23/h1-18H,28H2,(H,29,32)(H,30,33). The Kier molecular flexibility index (Phi) is 6.76. The first-order valence-electron chi connectivity index (χ1n) is 10.5. The van der Waals surface area contributed by atoms with Crippen LogP contribution in [-0.2, 0) is 0 Å². The van der Waals surface area contributed by atoms with E-state index in [1.165, 1.54) is 18.2 Å². The third-order valence-corrected chi connectivity index (χ3v) is 5.02. The van der Waals surface area contributed by atoms with Crippen molar-refractivity contribution in [3.05, 3.63) is 126 Å². The second kappa shape index (κ2) is 10.2. The number of anilines is 3. The normalized spacial score (nSPS) is 10.3. The number of benzene rings is 4. The Labute approximate surface area is 196 Å². The summed E-state index contributed by atoms with van der Waals surface area (Å²) in [6, 6.07) is 30.8. The van der Waals surface area contributed by atoms with E-state index >= 15 is 0 Å². The van der Waals surface area contributed by atoms with E-state index in [2.05, 4.69) is 10.6 Å². The molecule has 4 rings (SSSR count). The van der Waals surface area contributed by atoms with Gasteiger partial charge in [-0.05, 0) is 54.6 Å². The van der Waals surface area contributed by atoms with Gasteiger partial charge in [-0.1, -0.05) is 54.6 Å². The molecule has 0 radical (unpaired) electrons. The predicted octanol–water partition coefficient (Wildman–Crippen LogP) is 4.71. The molecular weight excluding hydrogens is 428 g/mol. The summed E-state index contributed by atoms with van der Waals surface area (Å²) < 4.78 is 0. The fraction of sp³-hybridized carbons (Fsp3) is 0. The Morgan fingerprint density at radius 3 is 1.38 bits per heavy atom. The van der Waals surface area contributed by atoms with E-state index in [9.17, 15) is 14.4 Å². The average Bonchev–Trinajstić information content (AvgIpc) is 2.89. The molecule has 4 aromatic rings. The van der Waals surface area contributed by atoms with Crippen molar-refractivity contribution in [1.82, 2.24) is 0 Å².